The lowest BCUT2D eigenvalue weighted by atomic mass is 10.2. The molecule has 0 N–H and O–H groups in total. The Morgan fingerprint density at radius 1 is 1.83 bits per heavy atom. The lowest BCUT2D eigenvalue weighted by molar-refractivity contribution is -0.108. The van der Waals surface area contributed by atoms with Crippen molar-refractivity contribution in [2.45, 2.75) is 0 Å². The zero-order valence-electron chi connectivity index (χ0n) is 5.90. The molecule has 0 aromatic carbocycles. The van der Waals surface area contributed by atoms with Crippen LogP contribution in [0.5, 0.6) is 0 Å². The topological polar surface area (TPSA) is 75.1 Å². The fourth-order valence-corrected chi connectivity index (χ4v) is 0.905. The van der Waals surface area contributed by atoms with Crippen molar-refractivity contribution < 1.29 is 9.53 Å². The molecule has 0 saturated carbocycles. The number of halogens is 1. The SMILES string of the molecule is [N-]=[N+]=NC1=C(C(=O)Cl)C=COC1. The second-order valence-electron chi connectivity index (χ2n) is 1.94. The molecule has 0 unspecified atom stereocenters. The smallest absolute Gasteiger partial charge is 0.252 e. The summed E-state index contributed by atoms with van der Waals surface area (Å²) in [6.45, 7) is 0.0777. The van der Waals surface area contributed by atoms with E-state index in [2.05, 4.69) is 10.0 Å². The molecule has 62 valence electrons. The molecule has 1 rings (SSSR count). The number of carbonyl (C=O) groups excluding carboxylic acids is 1. The summed E-state index contributed by atoms with van der Waals surface area (Å²) in [6.07, 6.45) is 2.69. The Labute approximate surface area is 72.9 Å². The quantitative estimate of drug-likeness (QED) is 0.285. The molecule has 1 heterocycles. The molecular formula is C6H4ClN3O2. The van der Waals surface area contributed by atoms with E-state index in [0.717, 1.165) is 0 Å². The number of hydrogen-bond acceptors (Lipinski definition) is 3. The largest absolute Gasteiger partial charge is 0.497 e. The van der Waals surface area contributed by atoms with E-state index in [1.165, 1.54) is 12.3 Å². The van der Waals surface area contributed by atoms with Gasteiger partial charge in [0.25, 0.3) is 5.24 Å². The lowest BCUT2D eigenvalue weighted by Gasteiger charge is -2.08. The van der Waals surface area contributed by atoms with Gasteiger partial charge in [-0.25, -0.2) is 0 Å². The normalized spacial score (nSPS) is 15.1. The highest BCUT2D eigenvalue weighted by Gasteiger charge is 2.12. The molecule has 0 spiro atoms. The minimum absolute atomic E-state index is 0.0777. The number of allylic oxidation sites excluding steroid dienone is 2. The van der Waals surface area contributed by atoms with Crippen LogP contribution in [0.2, 0.25) is 0 Å². The van der Waals surface area contributed by atoms with E-state index in [-0.39, 0.29) is 17.9 Å². The van der Waals surface area contributed by atoms with E-state index < -0.39 is 5.24 Å². The van der Waals surface area contributed by atoms with Gasteiger partial charge in [0.2, 0.25) is 0 Å². The van der Waals surface area contributed by atoms with Gasteiger partial charge < -0.3 is 4.74 Å². The number of azide groups is 1. The van der Waals surface area contributed by atoms with E-state index in [4.69, 9.17) is 21.9 Å². The third-order valence-electron chi connectivity index (χ3n) is 1.24. The van der Waals surface area contributed by atoms with Crippen LogP contribution >= 0.6 is 11.6 Å². The van der Waals surface area contributed by atoms with E-state index >= 15 is 0 Å². The van der Waals surface area contributed by atoms with Crippen LogP contribution in [0.3, 0.4) is 0 Å². The first-order chi connectivity index (χ1) is 5.75. The number of nitrogens with zero attached hydrogens (tertiary/aromatic N) is 3. The average Bonchev–Trinajstić information content (AvgIpc) is 2.05. The van der Waals surface area contributed by atoms with E-state index in [0.29, 0.717) is 0 Å². The van der Waals surface area contributed by atoms with E-state index in [1.807, 2.05) is 0 Å². The van der Waals surface area contributed by atoms with Gasteiger partial charge in [-0.1, -0.05) is 5.11 Å². The molecule has 0 aliphatic carbocycles. The zero-order valence-corrected chi connectivity index (χ0v) is 6.65. The molecule has 0 aromatic rings. The first kappa shape index (κ1) is 8.64. The van der Waals surface area contributed by atoms with Gasteiger partial charge in [0, 0.05) is 10.5 Å². The van der Waals surface area contributed by atoms with Crippen LogP contribution < -0.4 is 0 Å². The fraction of sp³-hybridized carbons (Fsp3) is 0.167. The predicted octanol–water partition coefficient (Wildman–Crippen LogP) is 1.86. The van der Waals surface area contributed by atoms with Gasteiger partial charge in [0.1, 0.15) is 6.61 Å². The molecule has 1 aliphatic rings. The molecule has 1 aliphatic heterocycles. The van der Waals surface area contributed by atoms with Crippen molar-refractivity contribution in [3.05, 3.63) is 34.1 Å². The highest BCUT2D eigenvalue weighted by Crippen LogP contribution is 2.16. The second-order valence-corrected chi connectivity index (χ2v) is 2.28. The molecule has 0 aromatic heterocycles. The Bertz CT molecular complexity index is 315. The van der Waals surface area contributed by atoms with Gasteiger partial charge in [-0.2, -0.15) is 0 Å². The standard InChI is InChI=1S/C6H4ClN3O2/c7-6(11)4-1-2-12-3-5(4)9-10-8/h1-2H,3H2. The molecular weight excluding hydrogens is 182 g/mol. The maximum absolute atomic E-state index is 10.7. The van der Waals surface area contributed by atoms with E-state index in [9.17, 15) is 4.79 Å². The fourth-order valence-electron chi connectivity index (χ4n) is 0.733. The summed E-state index contributed by atoms with van der Waals surface area (Å²) in [4.78, 5) is 13.2. The highest BCUT2D eigenvalue weighted by molar-refractivity contribution is 6.68. The van der Waals surface area contributed by atoms with Crippen molar-refractivity contribution in [2.24, 2.45) is 5.11 Å². The van der Waals surface area contributed by atoms with Crippen LogP contribution in [0.4, 0.5) is 0 Å². The zero-order chi connectivity index (χ0) is 8.97. The van der Waals surface area contributed by atoms with Crippen LogP contribution in [0, 0.1) is 0 Å². The summed E-state index contributed by atoms with van der Waals surface area (Å²) >= 11 is 5.20. The first-order valence-corrected chi connectivity index (χ1v) is 3.39. The summed E-state index contributed by atoms with van der Waals surface area (Å²) in [5, 5.41) is 2.61. The molecule has 12 heavy (non-hydrogen) atoms. The minimum atomic E-state index is -0.656. The van der Waals surface area contributed by atoms with Gasteiger partial charge in [0.15, 0.2) is 0 Å². The summed E-state index contributed by atoms with van der Waals surface area (Å²) in [7, 11) is 0. The first-order valence-electron chi connectivity index (χ1n) is 3.02. The summed E-state index contributed by atoms with van der Waals surface area (Å²) in [5.41, 5.74) is 8.50. The molecule has 0 amide bonds. The molecule has 0 atom stereocenters. The summed E-state index contributed by atoms with van der Waals surface area (Å²) in [5.74, 6) is 0. The summed E-state index contributed by atoms with van der Waals surface area (Å²) < 4.78 is 4.80. The van der Waals surface area contributed by atoms with Gasteiger partial charge in [-0.3, -0.25) is 4.79 Å². The van der Waals surface area contributed by atoms with Crippen molar-refractivity contribution in [3.63, 3.8) is 0 Å². The van der Waals surface area contributed by atoms with Crippen LogP contribution in [0.15, 0.2) is 28.7 Å². The Morgan fingerprint density at radius 3 is 3.17 bits per heavy atom. The predicted molar refractivity (Wildman–Crippen MR) is 42.1 cm³/mol. The molecule has 0 radical (unpaired) electrons. The Kier molecular flexibility index (Phi) is 2.74. The lowest BCUT2D eigenvalue weighted by Crippen LogP contribution is -2.04. The second kappa shape index (κ2) is 3.80. The molecule has 0 bridgehead atoms. The Balaban J connectivity index is 3.07. The molecule has 0 saturated heterocycles. The number of carbonyl (C=O) groups is 1. The Hall–Kier alpha value is -1.45. The number of ether oxygens (including phenoxy) is 1. The minimum Gasteiger partial charge on any atom is -0.497 e. The Morgan fingerprint density at radius 2 is 2.58 bits per heavy atom. The van der Waals surface area contributed by atoms with Crippen LogP contribution in [-0.2, 0) is 9.53 Å². The van der Waals surface area contributed by atoms with Gasteiger partial charge >= 0.3 is 0 Å². The van der Waals surface area contributed by atoms with Crippen molar-refractivity contribution in [3.8, 4) is 0 Å². The molecule has 5 nitrogen and oxygen atoms in total. The van der Waals surface area contributed by atoms with Crippen LogP contribution in [-0.4, -0.2) is 11.8 Å². The van der Waals surface area contributed by atoms with Crippen molar-refractivity contribution in [2.75, 3.05) is 6.61 Å². The maximum Gasteiger partial charge on any atom is 0.252 e. The number of rotatable bonds is 2. The van der Waals surface area contributed by atoms with Crippen molar-refractivity contribution >= 4 is 16.8 Å². The van der Waals surface area contributed by atoms with E-state index in [1.54, 1.807) is 0 Å². The van der Waals surface area contributed by atoms with Gasteiger partial charge in [-0.05, 0) is 23.2 Å². The van der Waals surface area contributed by atoms with Gasteiger partial charge in [-0.15, -0.1) is 0 Å². The third kappa shape index (κ3) is 1.78. The molecule has 0 fully saturated rings. The molecule has 6 heteroatoms. The summed E-state index contributed by atoms with van der Waals surface area (Å²) in [6, 6.07) is 0. The average molecular weight is 186 g/mol. The monoisotopic (exact) mass is 185 g/mol. The van der Waals surface area contributed by atoms with Crippen molar-refractivity contribution in [1.29, 1.82) is 0 Å². The van der Waals surface area contributed by atoms with Crippen molar-refractivity contribution in [1.82, 2.24) is 0 Å². The third-order valence-corrected chi connectivity index (χ3v) is 1.44. The van der Waals surface area contributed by atoms with Gasteiger partial charge in [0.05, 0.1) is 12.0 Å². The maximum atomic E-state index is 10.7. The van der Waals surface area contributed by atoms with Crippen LogP contribution in [0.25, 0.3) is 10.4 Å². The highest BCUT2D eigenvalue weighted by atomic mass is 35.5. The van der Waals surface area contributed by atoms with Crippen LogP contribution in [0.1, 0.15) is 0 Å². The number of hydrogen-bond donors (Lipinski definition) is 0.